The van der Waals surface area contributed by atoms with Crippen LogP contribution in [0.5, 0.6) is 5.75 Å². The molecule has 186 valence electrons. The van der Waals surface area contributed by atoms with E-state index in [0.29, 0.717) is 18.6 Å². The van der Waals surface area contributed by atoms with Crippen LogP contribution in [0.1, 0.15) is 38.4 Å². The number of carbonyl (C=O) groups is 1. The summed E-state index contributed by atoms with van der Waals surface area (Å²) in [6, 6.07) is 18.7. The molecule has 1 saturated carbocycles. The Hall–Kier alpha value is -3.91. The number of carbonyl (C=O) groups excluding carboxylic acids is 1. The Morgan fingerprint density at radius 1 is 1.11 bits per heavy atom. The van der Waals surface area contributed by atoms with Crippen LogP contribution in [0.15, 0.2) is 77.9 Å². The largest absolute Gasteiger partial charge is 0.484 e. The van der Waals surface area contributed by atoms with Crippen LogP contribution in [0, 0.1) is 5.92 Å². The molecule has 2 atom stereocenters. The van der Waals surface area contributed by atoms with Crippen molar-refractivity contribution in [3.63, 3.8) is 0 Å². The third kappa shape index (κ3) is 4.64. The molecule has 2 heterocycles. The molecule has 2 aromatic heterocycles. The van der Waals surface area contributed by atoms with Gasteiger partial charge in [-0.05, 0) is 48.6 Å². The van der Waals surface area contributed by atoms with Crippen LogP contribution in [0.3, 0.4) is 0 Å². The van der Waals surface area contributed by atoms with Crippen molar-refractivity contribution in [3.05, 3.63) is 89.0 Å². The molecule has 5 rings (SSSR count). The first kappa shape index (κ1) is 23.8. The van der Waals surface area contributed by atoms with E-state index in [1.165, 1.54) is 10.6 Å². The monoisotopic (exact) mass is 485 g/mol. The van der Waals surface area contributed by atoms with Crippen molar-refractivity contribution in [1.29, 1.82) is 0 Å². The predicted molar refractivity (Wildman–Crippen MR) is 139 cm³/mol. The molecule has 0 aliphatic heterocycles. The number of fused-ring (bicyclic) bond motifs is 1. The molecule has 1 amide bonds. The van der Waals surface area contributed by atoms with Gasteiger partial charge < -0.3 is 20.4 Å². The number of nitrogens with zero attached hydrogens (tertiary/aromatic N) is 3. The first-order valence-electron chi connectivity index (χ1n) is 12.2. The quantitative estimate of drug-likeness (QED) is 0.398. The average Bonchev–Trinajstić information content (AvgIpc) is 3.49. The summed E-state index contributed by atoms with van der Waals surface area (Å²) in [4.78, 5) is 24.6. The van der Waals surface area contributed by atoms with Crippen molar-refractivity contribution in [1.82, 2.24) is 19.7 Å². The third-order valence-corrected chi connectivity index (χ3v) is 6.83. The zero-order valence-electron chi connectivity index (χ0n) is 20.7. The molecule has 0 radical (unpaired) electrons. The van der Waals surface area contributed by atoms with Gasteiger partial charge in [0.15, 0.2) is 0 Å². The first-order chi connectivity index (χ1) is 17.2. The van der Waals surface area contributed by atoms with E-state index in [-0.39, 0.29) is 23.4 Å². The number of rotatable bonds is 8. The highest BCUT2D eigenvalue weighted by molar-refractivity contribution is 5.89. The summed E-state index contributed by atoms with van der Waals surface area (Å²) in [6.45, 7) is 4.14. The normalized spacial score (nSPS) is 16.0. The zero-order chi connectivity index (χ0) is 25.4. The molecule has 0 spiro atoms. The summed E-state index contributed by atoms with van der Waals surface area (Å²) in [7, 11) is 1.72. The molecule has 0 unspecified atom stereocenters. The maximum absolute atomic E-state index is 12.9. The summed E-state index contributed by atoms with van der Waals surface area (Å²) < 4.78 is 9.90. The summed E-state index contributed by atoms with van der Waals surface area (Å²) in [5, 5.41) is 8.60. The second-order valence-corrected chi connectivity index (χ2v) is 9.96. The smallest absolute Gasteiger partial charge is 0.250 e. The topological polar surface area (TPSA) is 104 Å². The number of hydrogen-bond donors (Lipinski definition) is 2. The van der Waals surface area contributed by atoms with Gasteiger partial charge in [0, 0.05) is 24.7 Å². The lowest BCUT2D eigenvalue weighted by molar-refractivity contribution is -0.125. The Morgan fingerprint density at radius 3 is 2.53 bits per heavy atom. The fraction of sp³-hybridized carbons (Fsp3) is 0.321. The van der Waals surface area contributed by atoms with Gasteiger partial charge >= 0.3 is 0 Å². The summed E-state index contributed by atoms with van der Waals surface area (Å²) >= 11 is 0. The van der Waals surface area contributed by atoms with Crippen molar-refractivity contribution >= 4 is 16.8 Å². The number of benzene rings is 2. The molecule has 36 heavy (non-hydrogen) atoms. The van der Waals surface area contributed by atoms with Gasteiger partial charge in [-0.15, -0.1) is 0 Å². The molecule has 8 nitrogen and oxygen atoms in total. The number of ether oxygens (including phenoxy) is 1. The van der Waals surface area contributed by atoms with Crippen LogP contribution < -0.4 is 21.3 Å². The van der Waals surface area contributed by atoms with E-state index in [0.717, 1.165) is 22.2 Å². The molecule has 0 saturated heterocycles. The maximum atomic E-state index is 12.9. The SMILES string of the molecule is CC(C)[C@H](NC(=O)C1(N)CC1)[C@H](Oc1ccc2c(cnn2-c2ccc(=O)n(C)c2)c1)c1ccccc1. The lowest BCUT2D eigenvalue weighted by Gasteiger charge is -2.32. The second kappa shape index (κ2) is 9.28. The molecule has 8 heteroatoms. The highest BCUT2D eigenvalue weighted by atomic mass is 16.5. The number of aryl methyl sites for hydroxylation is 1. The molecular weight excluding hydrogens is 454 g/mol. The molecule has 1 fully saturated rings. The fourth-order valence-corrected chi connectivity index (χ4v) is 4.38. The molecule has 3 N–H and O–H groups in total. The third-order valence-electron chi connectivity index (χ3n) is 6.83. The standard InChI is InChI=1S/C28H31N5O3/c1-18(2)25(31-27(35)28(29)13-14-28)26(19-7-5-4-6-8-19)36-22-10-11-23-20(15-22)16-30-33(23)21-9-12-24(34)32(3)17-21/h4-12,15-18,25-26H,13-14,29H2,1-3H3,(H,31,35)/t25-,26+/m0/s1. The van der Waals surface area contributed by atoms with Gasteiger partial charge in [-0.25, -0.2) is 4.68 Å². The molecule has 4 aromatic rings. The van der Waals surface area contributed by atoms with E-state index >= 15 is 0 Å². The zero-order valence-corrected chi connectivity index (χ0v) is 20.7. The van der Waals surface area contributed by atoms with Crippen molar-refractivity contribution in [2.45, 2.75) is 44.4 Å². The van der Waals surface area contributed by atoms with Crippen molar-refractivity contribution in [3.8, 4) is 11.4 Å². The van der Waals surface area contributed by atoms with Crippen LogP contribution in [0.25, 0.3) is 16.6 Å². The summed E-state index contributed by atoms with van der Waals surface area (Å²) in [5.41, 5.74) is 8.00. The van der Waals surface area contributed by atoms with Crippen LogP contribution in [0.4, 0.5) is 0 Å². The Bertz CT molecular complexity index is 1450. The summed E-state index contributed by atoms with van der Waals surface area (Å²) in [5.74, 6) is 0.655. The lowest BCUT2D eigenvalue weighted by atomic mass is 9.92. The lowest BCUT2D eigenvalue weighted by Crippen LogP contribution is -2.51. The van der Waals surface area contributed by atoms with Gasteiger partial charge in [-0.2, -0.15) is 5.10 Å². The van der Waals surface area contributed by atoms with Gasteiger partial charge in [0.25, 0.3) is 0 Å². The minimum Gasteiger partial charge on any atom is -0.484 e. The van der Waals surface area contributed by atoms with Gasteiger partial charge in [0.2, 0.25) is 11.5 Å². The number of nitrogens with two attached hydrogens (primary N) is 1. The number of amides is 1. The maximum Gasteiger partial charge on any atom is 0.250 e. The van der Waals surface area contributed by atoms with E-state index in [1.54, 1.807) is 30.2 Å². The van der Waals surface area contributed by atoms with Gasteiger partial charge in [-0.1, -0.05) is 44.2 Å². The van der Waals surface area contributed by atoms with E-state index in [4.69, 9.17) is 10.5 Å². The van der Waals surface area contributed by atoms with Crippen molar-refractivity contribution in [2.75, 3.05) is 0 Å². The van der Waals surface area contributed by atoms with Gasteiger partial charge in [0.1, 0.15) is 11.9 Å². The fourth-order valence-electron chi connectivity index (χ4n) is 4.38. The summed E-state index contributed by atoms with van der Waals surface area (Å²) in [6.07, 6.45) is 4.53. The Kier molecular flexibility index (Phi) is 6.14. The second-order valence-electron chi connectivity index (χ2n) is 9.96. The number of nitrogens with one attached hydrogen (secondary N) is 1. The van der Waals surface area contributed by atoms with E-state index in [9.17, 15) is 9.59 Å². The molecular formula is C28H31N5O3. The van der Waals surface area contributed by atoms with Crippen LogP contribution in [-0.2, 0) is 11.8 Å². The highest BCUT2D eigenvalue weighted by Gasteiger charge is 2.47. The number of aromatic nitrogens is 3. The van der Waals surface area contributed by atoms with Crippen molar-refractivity contribution < 1.29 is 9.53 Å². The molecule has 1 aliphatic rings. The van der Waals surface area contributed by atoms with Crippen LogP contribution >= 0.6 is 0 Å². The van der Waals surface area contributed by atoms with E-state index in [2.05, 4.69) is 24.3 Å². The first-order valence-corrected chi connectivity index (χ1v) is 12.2. The van der Waals surface area contributed by atoms with E-state index < -0.39 is 11.6 Å². The minimum atomic E-state index is -0.761. The average molecular weight is 486 g/mol. The number of hydrogen-bond acceptors (Lipinski definition) is 5. The Balaban J connectivity index is 1.47. The Morgan fingerprint density at radius 2 is 1.86 bits per heavy atom. The molecule has 1 aliphatic carbocycles. The minimum absolute atomic E-state index is 0.0770. The van der Waals surface area contributed by atoms with Crippen LogP contribution in [0.2, 0.25) is 0 Å². The van der Waals surface area contributed by atoms with Gasteiger partial charge in [-0.3, -0.25) is 9.59 Å². The predicted octanol–water partition coefficient (Wildman–Crippen LogP) is 3.48. The Labute approximate surface area is 209 Å². The van der Waals surface area contributed by atoms with Gasteiger partial charge in [0.05, 0.1) is 29.0 Å². The number of pyridine rings is 1. The molecule has 2 aromatic carbocycles. The van der Waals surface area contributed by atoms with E-state index in [1.807, 2.05) is 48.5 Å². The highest BCUT2D eigenvalue weighted by Crippen LogP contribution is 2.35. The van der Waals surface area contributed by atoms with Crippen molar-refractivity contribution in [2.24, 2.45) is 18.7 Å². The molecule has 0 bridgehead atoms. The van der Waals surface area contributed by atoms with Crippen LogP contribution in [-0.4, -0.2) is 31.8 Å².